The van der Waals surface area contributed by atoms with E-state index in [1.807, 2.05) is 0 Å². The van der Waals surface area contributed by atoms with E-state index in [1.54, 1.807) is 0 Å². The molecule has 182 valence electrons. The molecule has 13 N–H and O–H groups in total. The van der Waals surface area contributed by atoms with Crippen molar-refractivity contribution in [3.8, 4) is 0 Å². The third-order valence-corrected chi connectivity index (χ3v) is 6.07. The van der Waals surface area contributed by atoms with Gasteiger partial charge in [0.1, 0.15) is 48.8 Å². The number of hydrogen-bond donors (Lipinski definition) is 10. The molecule has 14 heteroatoms. The lowest BCUT2D eigenvalue weighted by Gasteiger charge is -2.47. The fraction of sp³-hybridized carbons (Fsp3) is 1.00. The maximum atomic E-state index is 10.6. The Labute approximate surface area is 178 Å². The van der Waals surface area contributed by atoms with Gasteiger partial charge in [-0.1, -0.05) is 0 Å². The van der Waals surface area contributed by atoms with E-state index in [4.69, 9.17) is 36.1 Å². The van der Waals surface area contributed by atoms with Gasteiger partial charge < -0.3 is 71.9 Å². The Bertz CT molecular complexity index is 590. The van der Waals surface area contributed by atoms with Crippen molar-refractivity contribution < 1.29 is 54.7 Å². The Balaban J connectivity index is 1.78. The maximum Gasteiger partial charge on any atom is 0.187 e. The Kier molecular flexibility index (Phi) is 8.21. The number of rotatable bonds is 6. The summed E-state index contributed by atoms with van der Waals surface area (Å²) in [5, 5.41) is 69.4. The van der Waals surface area contributed by atoms with Gasteiger partial charge in [0.2, 0.25) is 0 Å². The van der Waals surface area contributed by atoms with E-state index in [0.717, 1.165) is 0 Å². The molecule has 0 amide bonds. The van der Waals surface area contributed by atoms with Gasteiger partial charge in [0.15, 0.2) is 12.6 Å². The van der Waals surface area contributed by atoms with Crippen molar-refractivity contribution in [3.05, 3.63) is 0 Å². The van der Waals surface area contributed by atoms with Crippen molar-refractivity contribution >= 4 is 0 Å². The first-order chi connectivity index (χ1) is 14.6. The van der Waals surface area contributed by atoms with Gasteiger partial charge in [0.25, 0.3) is 0 Å². The van der Waals surface area contributed by atoms with Crippen LogP contribution in [0, 0.1) is 0 Å². The molecule has 3 aliphatic rings. The van der Waals surface area contributed by atoms with Crippen molar-refractivity contribution in [3.63, 3.8) is 0 Å². The monoisotopic (exact) mass is 455 g/mol. The minimum Gasteiger partial charge on any atom is -0.394 e. The molecule has 0 radical (unpaired) electrons. The molecule has 1 saturated carbocycles. The van der Waals surface area contributed by atoms with E-state index in [-0.39, 0.29) is 6.42 Å². The highest BCUT2D eigenvalue weighted by Crippen LogP contribution is 2.32. The molecule has 14 atom stereocenters. The van der Waals surface area contributed by atoms with Crippen LogP contribution in [0.4, 0.5) is 0 Å². The van der Waals surface area contributed by atoms with Gasteiger partial charge in [-0.15, -0.1) is 0 Å². The lowest BCUT2D eigenvalue weighted by molar-refractivity contribution is -0.310. The van der Waals surface area contributed by atoms with Crippen molar-refractivity contribution in [1.82, 2.24) is 0 Å². The summed E-state index contributed by atoms with van der Waals surface area (Å²) in [5.74, 6) is 0. The van der Waals surface area contributed by atoms with Gasteiger partial charge in [0, 0.05) is 12.1 Å². The number of aliphatic hydroxyl groups excluding tert-OH is 7. The van der Waals surface area contributed by atoms with Crippen LogP contribution in [0.2, 0.25) is 0 Å². The maximum absolute atomic E-state index is 10.6. The highest BCUT2D eigenvalue weighted by atomic mass is 16.7. The molecular formula is C17H33N3O11. The molecule has 3 rings (SSSR count). The SMILES string of the molecule is NC1CC(N)[C@@H](O[C@H]2OC(CO)[C@@H](O)[C@H](O)C2N)[C@H](O[C@@H]2O[C@H](CO)[C@H](O)C2O)[C@@H]1O. The summed E-state index contributed by atoms with van der Waals surface area (Å²) in [6, 6.07) is -2.82. The van der Waals surface area contributed by atoms with Gasteiger partial charge in [-0.2, -0.15) is 0 Å². The van der Waals surface area contributed by atoms with Gasteiger partial charge in [-0.05, 0) is 6.42 Å². The molecule has 2 saturated heterocycles. The zero-order valence-corrected chi connectivity index (χ0v) is 16.7. The fourth-order valence-electron chi connectivity index (χ4n) is 4.12. The number of ether oxygens (including phenoxy) is 4. The average molecular weight is 455 g/mol. The van der Waals surface area contributed by atoms with Gasteiger partial charge in [-0.25, -0.2) is 0 Å². The van der Waals surface area contributed by atoms with Crippen LogP contribution >= 0.6 is 0 Å². The highest BCUT2D eigenvalue weighted by molar-refractivity contribution is 5.01. The predicted molar refractivity (Wildman–Crippen MR) is 99.8 cm³/mol. The molecule has 1 aliphatic carbocycles. The minimum atomic E-state index is -1.52. The van der Waals surface area contributed by atoms with E-state index in [9.17, 15) is 35.7 Å². The van der Waals surface area contributed by atoms with Crippen LogP contribution in [0.1, 0.15) is 6.42 Å². The third-order valence-electron chi connectivity index (χ3n) is 6.07. The van der Waals surface area contributed by atoms with Gasteiger partial charge in [0.05, 0.1) is 25.4 Å². The Morgan fingerprint density at radius 3 is 1.74 bits per heavy atom. The Morgan fingerprint density at radius 2 is 1.16 bits per heavy atom. The van der Waals surface area contributed by atoms with Crippen LogP contribution in [0.3, 0.4) is 0 Å². The van der Waals surface area contributed by atoms with Crippen LogP contribution in [0.25, 0.3) is 0 Å². The van der Waals surface area contributed by atoms with E-state index in [0.29, 0.717) is 0 Å². The molecule has 0 aromatic rings. The molecule has 14 nitrogen and oxygen atoms in total. The van der Waals surface area contributed by atoms with E-state index in [2.05, 4.69) is 0 Å². The zero-order chi connectivity index (χ0) is 23.0. The molecule has 0 bridgehead atoms. The van der Waals surface area contributed by atoms with Crippen LogP contribution in [-0.2, 0) is 18.9 Å². The van der Waals surface area contributed by atoms with Crippen LogP contribution in [0.5, 0.6) is 0 Å². The molecule has 3 fully saturated rings. The smallest absolute Gasteiger partial charge is 0.187 e. The Hall–Kier alpha value is -0.560. The fourth-order valence-corrected chi connectivity index (χ4v) is 4.12. The van der Waals surface area contributed by atoms with Crippen LogP contribution in [-0.4, -0.2) is 135 Å². The number of aliphatic hydroxyl groups is 7. The molecule has 2 heterocycles. The lowest BCUT2D eigenvalue weighted by atomic mass is 9.84. The summed E-state index contributed by atoms with van der Waals surface area (Å²) < 4.78 is 22.2. The summed E-state index contributed by atoms with van der Waals surface area (Å²) in [5.41, 5.74) is 18.0. The van der Waals surface area contributed by atoms with Crippen molar-refractivity contribution in [2.24, 2.45) is 17.2 Å². The summed E-state index contributed by atoms with van der Waals surface area (Å²) >= 11 is 0. The number of hydrogen-bond acceptors (Lipinski definition) is 14. The van der Waals surface area contributed by atoms with Crippen molar-refractivity contribution in [2.75, 3.05) is 13.2 Å². The predicted octanol–water partition coefficient (Wildman–Crippen LogP) is -6.62. The van der Waals surface area contributed by atoms with Gasteiger partial charge in [-0.3, -0.25) is 0 Å². The van der Waals surface area contributed by atoms with Crippen LogP contribution in [0.15, 0.2) is 0 Å². The minimum absolute atomic E-state index is 0.123. The lowest BCUT2D eigenvalue weighted by Crippen LogP contribution is -2.68. The summed E-state index contributed by atoms with van der Waals surface area (Å²) in [7, 11) is 0. The Morgan fingerprint density at radius 1 is 0.645 bits per heavy atom. The average Bonchev–Trinajstić information content (AvgIpc) is 3.02. The number of nitrogens with two attached hydrogens (primary N) is 3. The summed E-state index contributed by atoms with van der Waals surface area (Å²) in [6.07, 6.45) is -14.5. The second-order valence-corrected chi connectivity index (χ2v) is 8.25. The van der Waals surface area contributed by atoms with E-state index in [1.165, 1.54) is 0 Å². The first kappa shape index (κ1) is 25.1. The van der Waals surface area contributed by atoms with Gasteiger partial charge >= 0.3 is 0 Å². The van der Waals surface area contributed by atoms with E-state index < -0.39 is 98.9 Å². The first-order valence-corrected chi connectivity index (χ1v) is 10.1. The second kappa shape index (κ2) is 10.1. The van der Waals surface area contributed by atoms with E-state index >= 15 is 0 Å². The summed E-state index contributed by atoms with van der Waals surface area (Å²) in [6.45, 7) is -1.19. The van der Waals surface area contributed by atoms with Crippen molar-refractivity contribution in [2.45, 2.75) is 92.1 Å². The topological polar surface area (TPSA) is 257 Å². The molecule has 31 heavy (non-hydrogen) atoms. The van der Waals surface area contributed by atoms with Crippen LogP contribution < -0.4 is 17.2 Å². The molecule has 2 aliphatic heterocycles. The molecule has 0 aromatic carbocycles. The molecule has 0 spiro atoms. The molecule has 5 unspecified atom stereocenters. The largest absolute Gasteiger partial charge is 0.394 e. The standard InChI is InChI=1S/C17H33N3O11/c18-4-1-5(19)14(30-16-8(20)12(26)10(24)6(2-21)28-16)15(9(4)23)31-17-13(27)11(25)7(3-22)29-17/h4-17,21-27H,1-3,18-20H2/t4?,5?,6?,7-,8?,9-,10-,11+,12-,13?,14-,15-,16-,17+/m1/s1. The first-order valence-electron chi connectivity index (χ1n) is 10.1. The molecular weight excluding hydrogens is 422 g/mol. The molecule has 0 aromatic heterocycles. The quantitative estimate of drug-likeness (QED) is 0.179. The van der Waals surface area contributed by atoms with Crippen molar-refractivity contribution in [1.29, 1.82) is 0 Å². The third kappa shape index (κ3) is 4.87. The normalized spacial score (nSPS) is 53.6. The second-order valence-electron chi connectivity index (χ2n) is 8.25. The zero-order valence-electron chi connectivity index (χ0n) is 16.7. The highest BCUT2D eigenvalue weighted by Gasteiger charge is 2.52. The summed E-state index contributed by atoms with van der Waals surface area (Å²) in [4.78, 5) is 0.